The molecule has 0 bridgehead atoms. The molecule has 0 unspecified atom stereocenters. The van der Waals surface area contributed by atoms with Gasteiger partial charge in [-0.2, -0.15) is 0 Å². The smallest absolute Gasteiger partial charge is 0.165 e. The van der Waals surface area contributed by atoms with E-state index in [-0.39, 0.29) is 6.29 Å². The second kappa shape index (κ2) is 4.64. The van der Waals surface area contributed by atoms with Gasteiger partial charge in [0.1, 0.15) is 0 Å². The average molecular weight is 200 g/mol. The summed E-state index contributed by atoms with van der Waals surface area (Å²) in [7, 11) is 0. The van der Waals surface area contributed by atoms with Crippen molar-refractivity contribution in [3.05, 3.63) is 12.4 Å². The van der Waals surface area contributed by atoms with Crippen LogP contribution >= 0.6 is 11.8 Å². The molecule has 1 saturated heterocycles. The molecule has 1 fully saturated rings. The summed E-state index contributed by atoms with van der Waals surface area (Å²) in [6.45, 7) is 1.46. The van der Waals surface area contributed by atoms with Crippen LogP contribution in [0.2, 0.25) is 0 Å². The summed E-state index contributed by atoms with van der Waals surface area (Å²) in [5.41, 5.74) is 0. The second-order valence-corrected chi connectivity index (χ2v) is 3.79. The van der Waals surface area contributed by atoms with Crippen LogP contribution < -0.4 is 0 Å². The van der Waals surface area contributed by atoms with Gasteiger partial charge in [0, 0.05) is 24.6 Å². The molecular formula is C8H12N2O2S. The minimum atomic E-state index is 0.00228. The van der Waals surface area contributed by atoms with E-state index >= 15 is 0 Å². The van der Waals surface area contributed by atoms with Gasteiger partial charge in [0.05, 0.1) is 13.2 Å². The van der Waals surface area contributed by atoms with Crippen LogP contribution in [-0.4, -0.2) is 35.2 Å². The SMILES string of the molecule is c1c[nH]c(SCCC2OCCO2)n1. The lowest BCUT2D eigenvalue weighted by atomic mass is 10.5. The molecule has 0 saturated carbocycles. The van der Waals surface area contributed by atoms with E-state index in [4.69, 9.17) is 9.47 Å². The maximum atomic E-state index is 5.31. The van der Waals surface area contributed by atoms with Crippen LogP contribution in [0.4, 0.5) is 0 Å². The fraction of sp³-hybridized carbons (Fsp3) is 0.625. The van der Waals surface area contributed by atoms with Crippen LogP contribution in [0.3, 0.4) is 0 Å². The molecule has 1 aliphatic heterocycles. The Kier molecular flexibility index (Phi) is 3.23. The van der Waals surface area contributed by atoms with Crippen LogP contribution in [0.1, 0.15) is 6.42 Å². The van der Waals surface area contributed by atoms with Crippen LogP contribution in [0.15, 0.2) is 17.6 Å². The number of thioether (sulfide) groups is 1. The van der Waals surface area contributed by atoms with E-state index in [0.717, 1.165) is 30.5 Å². The van der Waals surface area contributed by atoms with Crippen molar-refractivity contribution in [1.29, 1.82) is 0 Å². The van der Waals surface area contributed by atoms with Crippen molar-refractivity contribution in [3.63, 3.8) is 0 Å². The van der Waals surface area contributed by atoms with Gasteiger partial charge >= 0.3 is 0 Å². The molecule has 1 N–H and O–H groups in total. The predicted molar refractivity (Wildman–Crippen MR) is 49.6 cm³/mol. The van der Waals surface area contributed by atoms with Gasteiger partial charge in [-0.05, 0) is 0 Å². The zero-order chi connectivity index (χ0) is 8.93. The first-order valence-corrected chi connectivity index (χ1v) is 5.29. The molecule has 72 valence electrons. The Labute approximate surface area is 81.0 Å². The third kappa shape index (κ3) is 2.72. The molecule has 2 rings (SSSR count). The number of nitrogens with one attached hydrogen (secondary N) is 1. The Morgan fingerprint density at radius 3 is 3.08 bits per heavy atom. The molecule has 5 heteroatoms. The van der Waals surface area contributed by atoms with Crippen LogP contribution in [-0.2, 0) is 9.47 Å². The third-order valence-electron chi connectivity index (χ3n) is 1.76. The lowest BCUT2D eigenvalue weighted by molar-refractivity contribution is -0.0421. The number of H-pyrrole nitrogens is 1. The topological polar surface area (TPSA) is 47.1 Å². The van der Waals surface area contributed by atoms with Crippen molar-refractivity contribution in [2.45, 2.75) is 17.9 Å². The van der Waals surface area contributed by atoms with Gasteiger partial charge in [-0.25, -0.2) is 4.98 Å². The van der Waals surface area contributed by atoms with Crippen LogP contribution in [0, 0.1) is 0 Å². The molecule has 1 aromatic rings. The minimum absolute atomic E-state index is 0.00228. The summed E-state index contributed by atoms with van der Waals surface area (Å²) < 4.78 is 10.6. The third-order valence-corrected chi connectivity index (χ3v) is 2.69. The van der Waals surface area contributed by atoms with E-state index in [2.05, 4.69) is 9.97 Å². The highest BCUT2D eigenvalue weighted by atomic mass is 32.2. The monoisotopic (exact) mass is 200 g/mol. The molecule has 0 aromatic carbocycles. The van der Waals surface area contributed by atoms with Gasteiger partial charge in [-0.1, -0.05) is 11.8 Å². The first-order valence-electron chi connectivity index (χ1n) is 4.30. The van der Waals surface area contributed by atoms with Crippen molar-refractivity contribution < 1.29 is 9.47 Å². The van der Waals surface area contributed by atoms with Crippen molar-refractivity contribution >= 4 is 11.8 Å². The molecule has 1 aliphatic rings. The first kappa shape index (κ1) is 9.05. The van der Waals surface area contributed by atoms with Gasteiger partial charge in [-0.15, -0.1) is 0 Å². The van der Waals surface area contributed by atoms with E-state index in [1.54, 1.807) is 18.0 Å². The largest absolute Gasteiger partial charge is 0.350 e. The average Bonchev–Trinajstić information content (AvgIpc) is 2.75. The summed E-state index contributed by atoms with van der Waals surface area (Å²) in [5.74, 6) is 0.970. The second-order valence-electron chi connectivity index (χ2n) is 2.70. The van der Waals surface area contributed by atoms with Gasteiger partial charge in [0.2, 0.25) is 0 Å². The number of nitrogens with zero attached hydrogens (tertiary/aromatic N) is 1. The Balaban J connectivity index is 1.63. The molecule has 4 nitrogen and oxygen atoms in total. The van der Waals surface area contributed by atoms with Crippen LogP contribution in [0.5, 0.6) is 0 Å². The first-order chi connectivity index (χ1) is 6.45. The number of imidazole rings is 1. The highest BCUT2D eigenvalue weighted by Crippen LogP contribution is 2.16. The Morgan fingerprint density at radius 1 is 1.54 bits per heavy atom. The number of aromatic nitrogens is 2. The fourth-order valence-corrected chi connectivity index (χ4v) is 1.95. The summed E-state index contributed by atoms with van der Waals surface area (Å²) in [6.07, 6.45) is 4.50. The van der Waals surface area contributed by atoms with Gasteiger partial charge in [0.25, 0.3) is 0 Å². The molecule has 0 aliphatic carbocycles. The van der Waals surface area contributed by atoms with E-state index in [9.17, 15) is 0 Å². The molecular weight excluding hydrogens is 188 g/mol. The molecule has 0 spiro atoms. The Bertz CT molecular complexity index is 234. The molecule has 2 heterocycles. The van der Waals surface area contributed by atoms with Crippen molar-refractivity contribution in [2.75, 3.05) is 19.0 Å². The summed E-state index contributed by atoms with van der Waals surface area (Å²) in [4.78, 5) is 7.14. The zero-order valence-corrected chi connectivity index (χ0v) is 8.05. The van der Waals surface area contributed by atoms with Crippen LogP contribution in [0.25, 0.3) is 0 Å². The lowest BCUT2D eigenvalue weighted by Crippen LogP contribution is -2.08. The summed E-state index contributed by atoms with van der Waals surface area (Å²) >= 11 is 1.69. The van der Waals surface area contributed by atoms with Gasteiger partial charge < -0.3 is 14.5 Å². The lowest BCUT2D eigenvalue weighted by Gasteiger charge is -2.06. The fourth-order valence-electron chi connectivity index (χ4n) is 1.16. The Hall–Kier alpha value is -0.520. The molecule has 1 aromatic heterocycles. The molecule has 0 radical (unpaired) electrons. The summed E-state index contributed by atoms with van der Waals surface area (Å²) in [5, 5.41) is 0.956. The van der Waals surface area contributed by atoms with Crippen molar-refractivity contribution in [2.24, 2.45) is 0 Å². The van der Waals surface area contributed by atoms with Crippen molar-refractivity contribution in [3.8, 4) is 0 Å². The highest BCUT2D eigenvalue weighted by molar-refractivity contribution is 7.99. The zero-order valence-electron chi connectivity index (χ0n) is 7.23. The minimum Gasteiger partial charge on any atom is -0.350 e. The van der Waals surface area contributed by atoms with E-state index in [1.165, 1.54) is 0 Å². The number of hydrogen-bond acceptors (Lipinski definition) is 4. The maximum Gasteiger partial charge on any atom is 0.165 e. The van der Waals surface area contributed by atoms with E-state index < -0.39 is 0 Å². The Morgan fingerprint density at radius 2 is 2.38 bits per heavy atom. The predicted octanol–water partition coefficient (Wildman–Crippen LogP) is 1.26. The molecule has 0 amide bonds. The van der Waals surface area contributed by atoms with Gasteiger partial charge in [-0.3, -0.25) is 0 Å². The highest BCUT2D eigenvalue weighted by Gasteiger charge is 2.15. The normalized spacial score (nSPS) is 18.2. The quantitative estimate of drug-likeness (QED) is 0.743. The number of ether oxygens (including phenoxy) is 2. The number of rotatable bonds is 4. The van der Waals surface area contributed by atoms with Crippen molar-refractivity contribution in [1.82, 2.24) is 9.97 Å². The standard InChI is InChI=1S/C8H12N2O2S/c1(7-11-4-5-12-7)6-13-8-9-2-3-10-8/h2-3,7H,1,4-6H2,(H,9,10). The number of aromatic amines is 1. The molecule has 13 heavy (non-hydrogen) atoms. The maximum absolute atomic E-state index is 5.31. The van der Waals surface area contributed by atoms with Gasteiger partial charge in [0.15, 0.2) is 11.4 Å². The van der Waals surface area contributed by atoms with E-state index in [0.29, 0.717) is 0 Å². The number of hydrogen-bond donors (Lipinski definition) is 1. The summed E-state index contributed by atoms with van der Waals surface area (Å²) in [6, 6.07) is 0. The van der Waals surface area contributed by atoms with E-state index in [1.807, 2.05) is 6.20 Å². The molecule has 0 atom stereocenters.